The van der Waals surface area contributed by atoms with Crippen molar-refractivity contribution in [2.45, 2.75) is 26.8 Å². The molecule has 0 radical (unpaired) electrons. The van der Waals surface area contributed by atoms with Crippen molar-refractivity contribution >= 4 is 34.2 Å². The lowest BCUT2D eigenvalue weighted by Crippen LogP contribution is -2.40. The van der Waals surface area contributed by atoms with Crippen LogP contribution in [0.3, 0.4) is 0 Å². The Morgan fingerprint density at radius 2 is 1.64 bits per heavy atom. The molecule has 172 valence electrons. The second kappa shape index (κ2) is 11.9. The molecule has 1 heterocycles. The molecule has 2 N–H and O–H groups in total. The Hall–Kier alpha value is -3.52. The molecule has 3 amide bonds. The number of rotatable bonds is 10. The van der Waals surface area contributed by atoms with Crippen LogP contribution >= 0.6 is 11.3 Å². The Bertz CT molecular complexity index is 1070. The lowest BCUT2D eigenvalue weighted by atomic mass is 10.1. The zero-order chi connectivity index (χ0) is 23.6. The Morgan fingerprint density at radius 3 is 2.30 bits per heavy atom. The number of benzene rings is 2. The summed E-state index contributed by atoms with van der Waals surface area (Å²) in [6.07, 6.45) is 0.130. The van der Waals surface area contributed by atoms with Crippen molar-refractivity contribution in [3.05, 3.63) is 82.9 Å². The minimum absolute atomic E-state index is 0.0710. The zero-order valence-electron chi connectivity index (χ0n) is 18.8. The number of carbonyl (C=O) groups excluding carboxylic acids is 3. The highest BCUT2D eigenvalue weighted by molar-refractivity contribution is 7.13. The number of aromatic nitrogens is 1. The Kier molecular flexibility index (Phi) is 8.71. The minimum atomic E-state index is -0.325. The van der Waals surface area contributed by atoms with Crippen molar-refractivity contribution in [2.24, 2.45) is 5.92 Å². The summed E-state index contributed by atoms with van der Waals surface area (Å²) < 4.78 is 0. The third-order valence-corrected chi connectivity index (χ3v) is 5.51. The minimum Gasteiger partial charge on any atom is -0.352 e. The predicted octanol–water partition coefficient (Wildman–Crippen LogP) is 3.74. The van der Waals surface area contributed by atoms with Crippen LogP contribution in [0.25, 0.3) is 0 Å². The largest absolute Gasteiger partial charge is 0.352 e. The summed E-state index contributed by atoms with van der Waals surface area (Å²) in [5.74, 6) is -0.436. The van der Waals surface area contributed by atoms with Crippen molar-refractivity contribution in [2.75, 3.05) is 18.4 Å². The molecule has 7 nitrogen and oxygen atoms in total. The molecule has 8 heteroatoms. The van der Waals surface area contributed by atoms with Gasteiger partial charge in [0.25, 0.3) is 5.91 Å². The van der Waals surface area contributed by atoms with E-state index in [2.05, 4.69) is 15.6 Å². The third kappa shape index (κ3) is 7.84. The molecule has 0 unspecified atom stereocenters. The first-order valence-corrected chi connectivity index (χ1v) is 11.7. The van der Waals surface area contributed by atoms with E-state index in [9.17, 15) is 14.4 Å². The third-order valence-electron chi connectivity index (χ3n) is 4.70. The summed E-state index contributed by atoms with van der Waals surface area (Å²) in [5.41, 5.74) is 2.15. The standard InChI is InChI=1S/C25H28N4O3S/c1-18(2)15-29(24(32)20-11-7-4-8-12-20)16-23(31)28-25-27-21(17-33-25)13-22(30)26-14-19-9-5-3-6-10-19/h3-12,17-18H,13-16H2,1-2H3,(H,26,30)(H,27,28,31). The molecule has 1 aromatic heterocycles. The number of nitrogens with one attached hydrogen (secondary N) is 2. The van der Waals surface area contributed by atoms with Gasteiger partial charge in [0.15, 0.2) is 5.13 Å². The van der Waals surface area contributed by atoms with Gasteiger partial charge in [0.05, 0.1) is 12.1 Å². The van der Waals surface area contributed by atoms with Crippen LogP contribution in [0.1, 0.15) is 35.5 Å². The first-order valence-electron chi connectivity index (χ1n) is 10.8. The van der Waals surface area contributed by atoms with Crippen LogP contribution in [0.5, 0.6) is 0 Å². The summed E-state index contributed by atoms with van der Waals surface area (Å²) in [7, 11) is 0. The Balaban J connectivity index is 1.53. The van der Waals surface area contributed by atoms with Gasteiger partial charge in [0.2, 0.25) is 11.8 Å². The zero-order valence-corrected chi connectivity index (χ0v) is 19.6. The molecule has 0 aliphatic carbocycles. The van der Waals surface area contributed by atoms with Crippen LogP contribution in [0.4, 0.5) is 5.13 Å². The number of amides is 3. The predicted molar refractivity (Wildman–Crippen MR) is 130 cm³/mol. The number of nitrogens with zero attached hydrogens (tertiary/aromatic N) is 2. The molecule has 0 bridgehead atoms. The monoisotopic (exact) mass is 464 g/mol. The summed E-state index contributed by atoms with van der Waals surface area (Å²) in [6, 6.07) is 18.6. The van der Waals surface area contributed by atoms with Crippen molar-refractivity contribution in [1.29, 1.82) is 0 Å². The topological polar surface area (TPSA) is 91.4 Å². The molecule has 0 saturated carbocycles. The molecule has 0 saturated heterocycles. The second-order valence-corrected chi connectivity index (χ2v) is 8.93. The normalized spacial score (nSPS) is 10.6. The molecule has 0 spiro atoms. The molecular weight excluding hydrogens is 436 g/mol. The van der Waals surface area contributed by atoms with Gasteiger partial charge in [-0.05, 0) is 23.6 Å². The average Bonchev–Trinajstić information content (AvgIpc) is 3.24. The molecule has 0 fully saturated rings. The Morgan fingerprint density at radius 1 is 0.970 bits per heavy atom. The Labute approximate surface area is 197 Å². The van der Waals surface area contributed by atoms with Gasteiger partial charge in [-0.1, -0.05) is 62.4 Å². The van der Waals surface area contributed by atoms with Gasteiger partial charge in [-0.3, -0.25) is 14.4 Å². The summed E-state index contributed by atoms with van der Waals surface area (Å²) >= 11 is 1.25. The number of anilines is 1. The van der Waals surface area contributed by atoms with Crippen molar-refractivity contribution in [3.63, 3.8) is 0 Å². The van der Waals surface area contributed by atoms with Crippen LogP contribution in [0.2, 0.25) is 0 Å². The highest BCUT2D eigenvalue weighted by Gasteiger charge is 2.20. The van der Waals surface area contributed by atoms with Crippen LogP contribution < -0.4 is 10.6 Å². The molecule has 3 aromatic rings. The molecule has 2 aromatic carbocycles. The number of hydrogen-bond donors (Lipinski definition) is 2. The molecule has 0 aliphatic heterocycles. The maximum absolute atomic E-state index is 12.8. The quantitative estimate of drug-likeness (QED) is 0.478. The van der Waals surface area contributed by atoms with Gasteiger partial charge >= 0.3 is 0 Å². The summed E-state index contributed by atoms with van der Waals surface area (Å²) in [6.45, 7) is 4.84. The molecule has 0 atom stereocenters. The second-order valence-electron chi connectivity index (χ2n) is 8.08. The van der Waals surface area contributed by atoms with Crippen molar-refractivity contribution < 1.29 is 14.4 Å². The number of thiazole rings is 1. The fourth-order valence-corrected chi connectivity index (χ4v) is 3.95. The van der Waals surface area contributed by atoms with E-state index in [-0.39, 0.29) is 36.6 Å². The van der Waals surface area contributed by atoms with Gasteiger partial charge in [-0.2, -0.15) is 0 Å². The van der Waals surface area contributed by atoms with E-state index < -0.39 is 0 Å². The van der Waals surface area contributed by atoms with Crippen molar-refractivity contribution in [3.8, 4) is 0 Å². The number of carbonyl (C=O) groups is 3. The van der Waals surface area contributed by atoms with E-state index in [4.69, 9.17) is 0 Å². The summed E-state index contributed by atoms with van der Waals surface area (Å²) in [4.78, 5) is 43.5. The fraction of sp³-hybridized carbons (Fsp3) is 0.280. The van der Waals surface area contributed by atoms with Crippen LogP contribution in [0, 0.1) is 5.92 Å². The highest BCUT2D eigenvalue weighted by Crippen LogP contribution is 2.16. The smallest absolute Gasteiger partial charge is 0.254 e. The maximum atomic E-state index is 12.8. The van der Waals surface area contributed by atoms with E-state index in [1.165, 1.54) is 11.3 Å². The first-order chi connectivity index (χ1) is 15.9. The van der Waals surface area contributed by atoms with Gasteiger partial charge < -0.3 is 15.5 Å². The van der Waals surface area contributed by atoms with Crippen LogP contribution in [-0.4, -0.2) is 40.7 Å². The van der Waals surface area contributed by atoms with Gasteiger partial charge in [0, 0.05) is 24.0 Å². The lowest BCUT2D eigenvalue weighted by molar-refractivity contribution is -0.120. The molecular formula is C25H28N4O3S. The van der Waals surface area contributed by atoms with E-state index >= 15 is 0 Å². The van der Waals surface area contributed by atoms with Crippen molar-refractivity contribution in [1.82, 2.24) is 15.2 Å². The number of hydrogen-bond acceptors (Lipinski definition) is 5. The SMILES string of the molecule is CC(C)CN(CC(=O)Nc1nc(CC(=O)NCc2ccccc2)cs1)C(=O)c1ccccc1. The van der Waals surface area contributed by atoms with E-state index in [1.807, 2.05) is 50.2 Å². The first kappa shape index (κ1) is 24.1. The highest BCUT2D eigenvalue weighted by atomic mass is 32.1. The fourth-order valence-electron chi connectivity index (χ4n) is 3.22. The van der Waals surface area contributed by atoms with E-state index in [0.717, 1.165) is 5.56 Å². The molecule has 3 rings (SSSR count). The van der Waals surface area contributed by atoms with E-state index in [1.54, 1.807) is 34.5 Å². The molecule has 33 heavy (non-hydrogen) atoms. The molecule has 0 aliphatic rings. The van der Waals surface area contributed by atoms with Crippen LogP contribution in [0.15, 0.2) is 66.0 Å². The van der Waals surface area contributed by atoms with E-state index in [0.29, 0.717) is 29.5 Å². The van der Waals surface area contributed by atoms with Crippen LogP contribution in [-0.2, 0) is 22.6 Å². The van der Waals surface area contributed by atoms with Gasteiger partial charge in [-0.15, -0.1) is 11.3 Å². The van der Waals surface area contributed by atoms with Gasteiger partial charge in [-0.25, -0.2) is 4.98 Å². The average molecular weight is 465 g/mol. The summed E-state index contributed by atoms with van der Waals surface area (Å²) in [5, 5.41) is 7.76. The van der Waals surface area contributed by atoms with Gasteiger partial charge in [0.1, 0.15) is 6.54 Å². The lowest BCUT2D eigenvalue weighted by Gasteiger charge is -2.24. The maximum Gasteiger partial charge on any atom is 0.254 e.